The van der Waals surface area contributed by atoms with Gasteiger partial charge >= 0.3 is 12.4 Å². The van der Waals surface area contributed by atoms with E-state index in [1.165, 1.54) is 30.9 Å². The maximum atomic E-state index is 13.7. The number of hydroxylamine groups is 4. The number of alkyl halides is 6. The summed E-state index contributed by atoms with van der Waals surface area (Å²) >= 11 is -3.57. The normalized spacial score (nSPS) is 18.2. The third-order valence-corrected chi connectivity index (χ3v) is 18.6. The molecule has 2 aromatic heterocycles. The van der Waals surface area contributed by atoms with E-state index >= 15 is 0 Å². The molecule has 4 aromatic carbocycles. The molecule has 4 aliphatic heterocycles. The lowest BCUT2D eigenvalue weighted by atomic mass is 10.1. The summed E-state index contributed by atoms with van der Waals surface area (Å²) in [6.07, 6.45) is 1.18. The van der Waals surface area contributed by atoms with Crippen molar-refractivity contribution in [2.75, 3.05) is 111 Å². The van der Waals surface area contributed by atoms with Gasteiger partial charge in [0.15, 0.2) is 22.1 Å². The number of morpholine rings is 2. The molecule has 32 heteroatoms. The van der Waals surface area contributed by atoms with Gasteiger partial charge in [-0.05, 0) is 85.7 Å². The number of allylic oxidation sites excluding steroid dienone is 4. The molecule has 0 radical (unpaired) electrons. The van der Waals surface area contributed by atoms with Gasteiger partial charge in [-0.15, -0.1) is 0 Å². The van der Waals surface area contributed by atoms with Gasteiger partial charge in [-0.3, -0.25) is 0 Å². The van der Waals surface area contributed by atoms with Crippen LogP contribution < -0.4 is 28.7 Å². The molecule has 6 heterocycles. The summed E-state index contributed by atoms with van der Waals surface area (Å²) in [5.74, 6) is 0.842. The molecule has 2 unspecified atom stereocenters. The molecule has 22 nitrogen and oxygen atoms in total. The summed E-state index contributed by atoms with van der Waals surface area (Å²) in [4.78, 5) is 7.34. The number of hydrogen-bond donors (Lipinski definition) is 0. The van der Waals surface area contributed by atoms with Crippen LogP contribution in [-0.2, 0) is 100 Å². The Morgan fingerprint density at radius 3 is 1.49 bits per heavy atom. The van der Waals surface area contributed by atoms with Crippen LogP contribution in [0.1, 0.15) is 33.9 Å². The Hall–Kier alpha value is -6.56. The van der Waals surface area contributed by atoms with E-state index in [1.54, 1.807) is 129 Å². The second kappa shape index (κ2) is 26.1. The second-order valence-corrected chi connectivity index (χ2v) is 26.2. The molecule has 0 saturated carbocycles. The molecule has 0 amide bonds. The Bertz CT molecular complexity index is 4080. The molecule has 2 atom stereocenters. The number of aryl methyl sites for hydroxylation is 6. The first kappa shape index (κ1) is 65.9. The quantitative estimate of drug-likeness (QED) is 0.0612. The number of fused-ring (bicyclic) bond motifs is 4. The fourth-order valence-electron chi connectivity index (χ4n) is 10.7. The lowest BCUT2D eigenvalue weighted by molar-refractivity contribution is -0.647. The molecule has 0 N–H and O–H groups in total. The highest BCUT2D eigenvalue weighted by Gasteiger charge is 2.39. The topological polar surface area (TPSA) is 223 Å². The van der Waals surface area contributed by atoms with Crippen LogP contribution in [0.15, 0.2) is 106 Å². The van der Waals surface area contributed by atoms with Crippen molar-refractivity contribution in [1.29, 1.82) is 0 Å². The van der Waals surface area contributed by atoms with Gasteiger partial charge in [0.2, 0.25) is 22.2 Å². The Morgan fingerprint density at radius 1 is 0.580 bits per heavy atom. The Labute approximate surface area is 509 Å². The van der Waals surface area contributed by atoms with Crippen molar-refractivity contribution >= 4 is 99.4 Å². The van der Waals surface area contributed by atoms with E-state index in [-0.39, 0.29) is 29.9 Å². The average Bonchev–Trinajstić information content (AvgIpc) is 2.16. The minimum absolute atomic E-state index is 0.0226. The monoisotopic (exact) mass is 1310 g/mol. The van der Waals surface area contributed by atoms with Crippen LogP contribution >= 0.6 is 0 Å². The lowest BCUT2D eigenvalue weighted by Crippen LogP contribution is -2.36. The minimum atomic E-state index is -4.63. The van der Waals surface area contributed by atoms with Crippen LogP contribution in [0.3, 0.4) is 0 Å². The molecule has 476 valence electrons. The van der Waals surface area contributed by atoms with Crippen LogP contribution in [0.2, 0.25) is 0 Å². The predicted molar refractivity (Wildman–Crippen MR) is 315 cm³/mol. The van der Waals surface area contributed by atoms with E-state index in [4.69, 9.17) is 18.0 Å². The second-order valence-electron chi connectivity index (χ2n) is 21.0. The molecule has 0 aliphatic carbocycles. The first-order chi connectivity index (χ1) is 41.3. The molecule has 88 heavy (non-hydrogen) atoms. The van der Waals surface area contributed by atoms with Crippen LogP contribution in [0.4, 0.5) is 49.1 Å². The maximum absolute atomic E-state index is 13.7. The number of aromatic nitrogens is 4. The van der Waals surface area contributed by atoms with Crippen molar-refractivity contribution in [2.24, 2.45) is 21.1 Å². The van der Waals surface area contributed by atoms with Crippen molar-refractivity contribution in [3.05, 3.63) is 131 Å². The predicted octanol–water partition coefficient (Wildman–Crippen LogP) is 6.04. The molecule has 2 fully saturated rings. The molecule has 0 bridgehead atoms. The van der Waals surface area contributed by atoms with E-state index in [0.29, 0.717) is 108 Å². The number of imidazole rings is 2. The number of hydrogen-bond acceptors (Lipinski definition) is 18. The first-order valence-corrected chi connectivity index (χ1v) is 32.5. The summed E-state index contributed by atoms with van der Waals surface area (Å²) < 4.78 is 206. The standard InChI is InChI=1S/2C28H32F3N5O6S2/c1-19-16-23-24(18-21(19)28(29,30)31)34(4)26(33(23)3)6-5-7-27-32(2)22-9-8-20(43(37)42-35-10-13-41-14-11-35)17-25(22)36(27)12-15-44(38,39)40;1-19-16-23-25(18-21(19)28(29,30)31)36(12-15-44(38,39)40)27(34(23)4)7-5-6-26-32(2)22-9-8-20(17-24(22)33(26)3)43(37)42-35-10-13-41-14-11-35/h2*5-9,16-18H,10-15H2,1-4H3. The molecule has 2 saturated heterocycles. The Balaban J connectivity index is 0.000000209. The number of rotatable bonds is 16. The number of nitrogens with zero attached hydrogens (tertiary/aromatic N) is 10. The maximum Gasteiger partial charge on any atom is 0.416 e. The Morgan fingerprint density at radius 2 is 0.989 bits per heavy atom. The Kier molecular flexibility index (Phi) is 19.5. The lowest BCUT2D eigenvalue weighted by Gasteiger charge is -2.24. The zero-order chi connectivity index (χ0) is 63.9. The third kappa shape index (κ3) is 14.5. The molecule has 6 aromatic rings. The van der Waals surface area contributed by atoms with E-state index < -0.39 is 77.4 Å². The fraction of sp³-hybridized carbons (Fsp3) is 0.393. The third-order valence-electron chi connectivity index (χ3n) is 15.3. The SMILES string of the molecule is Cc1cc2c(cc1C(F)(F)F)N(C)C(=CC=Cc1n(CCS(=O)(=O)[O-])c3cc(S(=O)ON4CCOCC4)ccc3[n+]1C)N2C.Cc1cc2c(cc1C(F)(F)F)N(CCS(=O)(=O)[O-])C(=CC=Cc1n(C)c3cc(S(=O)ON4CCOCC4)ccc3[n+]1C)N2C. The fourth-order valence-corrected chi connectivity index (χ4v) is 13.2. The van der Waals surface area contributed by atoms with Crippen molar-refractivity contribution < 1.29 is 87.9 Å². The number of anilines is 4. The highest BCUT2D eigenvalue weighted by Crippen LogP contribution is 2.47. The van der Waals surface area contributed by atoms with Crippen LogP contribution in [0.5, 0.6) is 0 Å². The van der Waals surface area contributed by atoms with E-state index in [1.807, 2.05) is 29.3 Å². The van der Waals surface area contributed by atoms with Gasteiger partial charge in [0.05, 0.1) is 123 Å². The number of benzene rings is 4. The molecule has 10 rings (SSSR count). The van der Waals surface area contributed by atoms with Gasteiger partial charge in [-0.2, -0.15) is 45.0 Å². The van der Waals surface area contributed by atoms with Gasteiger partial charge < -0.3 is 38.2 Å². The highest BCUT2D eigenvalue weighted by atomic mass is 32.2. The van der Waals surface area contributed by atoms with Gasteiger partial charge in [-0.25, -0.2) is 43.5 Å². The minimum Gasteiger partial charge on any atom is -0.748 e. The van der Waals surface area contributed by atoms with Crippen LogP contribution in [0, 0.1) is 13.8 Å². The summed E-state index contributed by atoms with van der Waals surface area (Å²) in [6, 6.07) is 15.4. The first-order valence-electron chi connectivity index (χ1n) is 27.2. The van der Waals surface area contributed by atoms with Crippen molar-refractivity contribution in [3.63, 3.8) is 0 Å². The zero-order valence-corrected chi connectivity index (χ0v) is 52.3. The highest BCUT2D eigenvalue weighted by molar-refractivity contribution is 7.86. The van der Waals surface area contributed by atoms with E-state index in [2.05, 4.69) is 0 Å². The van der Waals surface area contributed by atoms with Gasteiger partial charge in [0.1, 0.15) is 18.2 Å². The summed E-state index contributed by atoms with van der Waals surface area (Å²) in [5, 5.41) is 3.19. The van der Waals surface area contributed by atoms with Gasteiger partial charge in [0, 0.05) is 78.2 Å². The largest absolute Gasteiger partial charge is 0.748 e. The van der Waals surface area contributed by atoms with Gasteiger partial charge in [0.25, 0.3) is 11.6 Å². The number of ether oxygens (including phenoxy) is 2. The zero-order valence-electron chi connectivity index (χ0n) is 49.0. The summed E-state index contributed by atoms with van der Waals surface area (Å²) in [5.41, 5.74) is 3.11. The smallest absolute Gasteiger partial charge is 0.416 e. The summed E-state index contributed by atoms with van der Waals surface area (Å²) in [6.45, 7) is 6.18. The van der Waals surface area contributed by atoms with Crippen LogP contribution in [-0.4, -0.2) is 145 Å². The molecule has 0 spiro atoms. The molecular weight excluding hydrogens is 1250 g/mol. The van der Waals surface area contributed by atoms with Crippen molar-refractivity contribution in [1.82, 2.24) is 19.3 Å². The number of halogens is 6. The van der Waals surface area contributed by atoms with E-state index in [0.717, 1.165) is 29.0 Å². The van der Waals surface area contributed by atoms with E-state index in [9.17, 15) is 60.7 Å². The molecule has 4 aliphatic rings. The van der Waals surface area contributed by atoms with Crippen molar-refractivity contribution in [2.45, 2.75) is 42.5 Å². The van der Waals surface area contributed by atoms with Crippen molar-refractivity contribution in [3.8, 4) is 0 Å². The summed E-state index contributed by atoms with van der Waals surface area (Å²) in [7, 11) is 1.38. The molecular formula is C56H64F6N10O12S4. The van der Waals surface area contributed by atoms with Crippen LogP contribution in [0.25, 0.3) is 34.2 Å². The van der Waals surface area contributed by atoms with Gasteiger partial charge in [-0.1, -0.05) is 12.2 Å². The average molecular weight is 1310 g/mol.